The molecule has 2 rings (SSSR count). The maximum Gasteiger partial charge on any atom is 0.315 e. The van der Waals surface area contributed by atoms with E-state index < -0.39 is 6.04 Å². The van der Waals surface area contributed by atoms with Crippen molar-refractivity contribution < 1.29 is 14.6 Å². The van der Waals surface area contributed by atoms with E-state index in [-0.39, 0.29) is 18.7 Å². The third kappa shape index (κ3) is 5.28. The minimum Gasteiger partial charge on any atom is -0.497 e. The number of benzene rings is 2. The Labute approximate surface area is 142 Å². The average Bonchev–Trinajstić information content (AvgIpc) is 2.60. The summed E-state index contributed by atoms with van der Waals surface area (Å²) in [6, 6.07) is 16.4. The number of ether oxygens (including phenoxy) is 1. The molecule has 2 aromatic rings. The van der Waals surface area contributed by atoms with Crippen LogP contribution >= 0.6 is 0 Å². The number of carbonyl (C=O) groups is 1. The molecule has 0 aromatic heterocycles. The Hall–Kier alpha value is -2.53. The number of rotatable bonds is 7. The van der Waals surface area contributed by atoms with Gasteiger partial charge >= 0.3 is 6.03 Å². The van der Waals surface area contributed by atoms with Crippen LogP contribution in [0.2, 0.25) is 0 Å². The van der Waals surface area contributed by atoms with Gasteiger partial charge in [0.2, 0.25) is 0 Å². The molecule has 2 amide bonds. The van der Waals surface area contributed by atoms with Gasteiger partial charge in [-0.25, -0.2) is 4.79 Å². The summed E-state index contributed by atoms with van der Waals surface area (Å²) in [5.41, 5.74) is 1.96. The standard InChI is InChI=1S/C19H24N2O3/c1-14(11-15-7-6-10-17(12-15)24-2)20-19(23)21-18(13-22)16-8-4-3-5-9-16/h3-10,12,14,18,22H,11,13H2,1-2H3,(H2,20,21,23). The topological polar surface area (TPSA) is 70.6 Å². The molecule has 3 N–H and O–H groups in total. The zero-order valence-electron chi connectivity index (χ0n) is 14.0. The average molecular weight is 328 g/mol. The summed E-state index contributed by atoms with van der Waals surface area (Å²) < 4.78 is 5.21. The third-order valence-electron chi connectivity index (χ3n) is 3.74. The van der Waals surface area contributed by atoms with E-state index in [1.54, 1.807) is 7.11 Å². The van der Waals surface area contributed by atoms with Crippen molar-refractivity contribution in [1.29, 1.82) is 0 Å². The lowest BCUT2D eigenvalue weighted by Gasteiger charge is -2.20. The summed E-state index contributed by atoms with van der Waals surface area (Å²) in [7, 11) is 1.63. The van der Waals surface area contributed by atoms with Crippen LogP contribution in [0.15, 0.2) is 54.6 Å². The summed E-state index contributed by atoms with van der Waals surface area (Å²) in [6.07, 6.45) is 0.694. The maximum absolute atomic E-state index is 12.2. The molecule has 24 heavy (non-hydrogen) atoms. The van der Waals surface area contributed by atoms with Gasteiger partial charge in [-0.15, -0.1) is 0 Å². The van der Waals surface area contributed by atoms with Crippen LogP contribution < -0.4 is 15.4 Å². The van der Waals surface area contributed by atoms with Crippen molar-refractivity contribution in [3.8, 4) is 5.75 Å². The lowest BCUT2D eigenvalue weighted by Crippen LogP contribution is -2.43. The first-order chi connectivity index (χ1) is 11.6. The fourth-order valence-electron chi connectivity index (χ4n) is 2.55. The Bertz CT molecular complexity index is 646. The lowest BCUT2D eigenvalue weighted by molar-refractivity contribution is 0.214. The van der Waals surface area contributed by atoms with E-state index in [1.165, 1.54) is 0 Å². The quantitative estimate of drug-likeness (QED) is 0.732. The molecule has 2 aromatic carbocycles. The van der Waals surface area contributed by atoms with Crippen LogP contribution in [0.3, 0.4) is 0 Å². The van der Waals surface area contributed by atoms with Crippen LogP contribution in [0.25, 0.3) is 0 Å². The number of hydrogen-bond acceptors (Lipinski definition) is 3. The highest BCUT2D eigenvalue weighted by atomic mass is 16.5. The smallest absolute Gasteiger partial charge is 0.315 e. The van der Waals surface area contributed by atoms with Crippen molar-refractivity contribution in [2.45, 2.75) is 25.4 Å². The van der Waals surface area contributed by atoms with Gasteiger partial charge in [0.25, 0.3) is 0 Å². The molecule has 5 nitrogen and oxygen atoms in total. The molecule has 0 aliphatic heterocycles. The normalized spacial score (nSPS) is 13.0. The van der Waals surface area contributed by atoms with Crippen LogP contribution in [-0.2, 0) is 6.42 Å². The molecule has 0 spiro atoms. The Balaban J connectivity index is 1.88. The first kappa shape index (κ1) is 17.8. The number of aliphatic hydroxyl groups is 1. The minimum atomic E-state index is -0.421. The fourth-order valence-corrected chi connectivity index (χ4v) is 2.55. The summed E-state index contributed by atoms with van der Waals surface area (Å²) in [6.45, 7) is 1.79. The number of aliphatic hydroxyl groups excluding tert-OH is 1. The molecular formula is C19H24N2O3. The molecule has 2 unspecified atom stereocenters. The Morgan fingerprint density at radius 3 is 2.54 bits per heavy atom. The van der Waals surface area contributed by atoms with Crippen LogP contribution in [-0.4, -0.2) is 30.9 Å². The van der Waals surface area contributed by atoms with Gasteiger partial charge < -0.3 is 20.5 Å². The molecule has 2 atom stereocenters. The highest BCUT2D eigenvalue weighted by Crippen LogP contribution is 2.14. The van der Waals surface area contributed by atoms with Crippen LogP contribution in [0.1, 0.15) is 24.1 Å². The van der Waals surface area contributed by atoms with E-state index in [4.69, 9.17) is 4.74 Å². The first-order valence-electron chi connectivity index (χ1n) is 7.98. The second-order valence-corrected chi connectivity index (χ2v) is 5.72. The van der Waals surface area contributed by atoms with Crippen LogP contribution in [0.5, 0.6) is 5.75 Å². The second-order valence-electron chi connectivity index (χ2n) is 5.72. The van der Waals surface area contributed by atoms with Crippen molar-refractivity contribution in [3.63, 3.8) is 0 Å². The third-order valence-corrected chi connectivity index (χ3v) is 3.74. The predicted molar refractivity (Wildman–Crippen MR) is 94.1 cm³/mol. The highest BCUT2D eigenvalue weighted by molar-refractivity contribution is 5.74. The lowest BCUT2D eigenvalue weighted by atomic mass is 10.1. The molecule has 0 fully saturated rings. The molecule has 0 heterocycles. The maximum atomic E-state index is 12.2. The van der Waals surface area contributed by atoms with E-state index >= 15 is 0 Å². The van der Waals surface area contributed by atoms with E-state index in [0.717, 1.165) is 16.9 Å². The molecule has 5 heteroatoms. The predicted octanol–water partition coefficient (Wildman–Crippen LogP) is 2.66. The molecule has 0 saturated carbocycles. The number of carbonyl (C=O) groups excluding carboxylic acids is 1. The van der Waals surface area contributed by atoms with Crippen molar-refractivity contribution in [2.75, 3.05) is 13.7 Å². The molecule has 0 bridgehead atoms. The Morgan fingerprint density at radius 2 is 1.88 bits per heavy atom. The zero-order valence-corrected chi connectivity index (χ0v) is 14.0. The van der Waals surface area contributed by atoms with Gasteiger partial charge in [0, 0.05) is 6.04 Å². The largest absolute Gasteiger partial charge is 0.497 e. The molecular weight excluding hydrogens is 304 g/mol. The van der Waals surface area contributed by atoms with Gasteiger partial charge in [-0.05, 0) is 36.6 Å². The first-order valence-corrected chi connectivity index (χ1v) is 7.98. The SMILES string of the molecule is COc1cccc(CC(C)NC(=O)NC(CO)c2ccccc2)c1. The Morgan fingerprint density at radius 1 is 1.12 bits per heavy atom. The van der Waals surface area contributed by atoms with Crippen LogP contribution in [0.4, 0.5) is 4.79 Å². The summed E-state index contributed by atoms with van der Waals surface area (Å²) in [4.78, 5) is 12.2. The van der Waals surface area contributed by atoms with Crippen molar-refractivity contribution >= 4 is 6.03 Å². The van der Waals surface area contributed by atoms with E-state index in [2.05, 4.69) is 10.6 Å². The van der Waals surface area contributed by atoms with Gasteiger partial charge in [0.05, 0.1) is 19.8 Å². The van der Waals surface area contributed by atoms with Gasteiger partial charge in [-0.2, -0.15) is 0 Å². The van der Waals surface area contributed by atoms with Gasteiger partial charge in [-0.3, -0.25) is 0 Å². The monoisotopic (exact) mass is 328 g/mol. The van der Waals surface area contributed by atoms with Gasteiger partial charge in [0.15, 0.2) is 0 Å². The van der Waals surface area contributed by atoms with E-state index in [0.29, 0.717) is 6.42 Å². The molecule has 0 saturated heterocycles. The molecule has 0 radical (unpaired) electrons. The molecule has 128 valence electrons. The zero-order chi connectivity index (χ0) is 17.4. The number of urea groups is 1. The number of methoxy groups -OCH3 is 1. The Kier molecular flexibility index (Phi) is 6.63. The van der Waals surface area contributed by atoms with E-state index in [1.807, 2.05) is 61.5 Å². The van der Waals surface area contributed by atoms with Crippen molar-refractivity contribution in [3.05, 3.63) is 65.7 Å². The van der Waals surface area contributed by atoms with Gasteiger partial charge in [-0.1, -0.05) is 42.5 Å². The second kappa shape index (κ2) is 8.93. The minimum absolute atomic E-state index is 0.0489. The van der Waals surface area contributed by atoms with Crippen molar-refractivity contribution in [1.82, 2.24) is 10.6 Å². The highest BCUT2D eigenvalue weighted by Gasteiger charge is 2.15. The fraction of sp³-hybridized carbons (Fsp3) is 0.316. The molecule has 0 aliphatic carbocycles. The number of hydrogen-bond donors (Lipinski definition) is 3. The van der Waals surface area contributed by atoms with Crippen LogP contribution in [0, 0.1) is 0 Å². The summed E-state index contributed by atoms with van der Waals surface area (Å²) in [5.74, 6) is 0.800. The van der Waals surface area contributed by atoms with Gasteiger partial charge in [0.1, 0.15) is 5.75 Å². The summed E-state index contributed by atoms with van der Waals surface area (Å²) >= 11 is 0. The van der Waals surface area contributed by atoms with E-state index in [9.17, 15) is 9.90 Å². The number of nitrogens with one attached hydrogen (secondary N) is 2. The summed E-state index contributed by atoms with van der Waals surface area (Å²) in [5, 5.41) is 15.2. The molecule has 0 aliphatic rings. The van der Waals surface area contributed by atoms with Crippen molar-refractivity contribution in [2.24, 2.45) is 0 Å². The number of amides is 2.